The van der Waals surface area contributed by atoms with Crippen molar-refractivity contribution in [2.45, 2.75) is 26.3 Å². The molecule has 2 aromatic heterocycles. The van der Waals surface area contributed by atoms with Gasteiger partial charge in [-0.15, -0.1) is 11.3 Å². The van der Waals surface area contributed by atoms with Gasteiger partial charge in [0.2, 0.25) is 0 Å². The van der Waals surface area contributed by atoms with Crippen molar-refractivity contribution in [3.63, 3.8) is 0 Å². The molecule has 2 aromatic rings. The Morgan fingerprint density at radius 3 is 2.86 bits per heavy atom. The highest BCUT2D eigenvalue weighted by atomic mass is 35.5. The van der Waals surface area contributed by atoms with Crippen LogP contribution >= 0.6 is 34.3 Å². The maximum Gasteiger partial charge on any atom is 0.265 e. The summed E-state index contributed by atoms with van der Waals surface area (Å²) in [5.74, 6) is 0.0408. The standard InChI is InChI=1S/C13H17ClN4OS2/c1-3-6-16-13-18-11(15)10(21-13)12(19)17-7(2)8-4-5-9(14)20-8/h4-5,7H,3,6,15H2,1-2H3,(H,16,18)(H,17,19). The smallest absolute Gasteiger partial charge is 0.265 e. The highest BCUT2D eigenvalue weighted by Crippen LogP contribution is 2.29. The van der Waals surface area contributed by atoms with Gasteiger partial charge in [0.05, 0.1) is 10.4 Å². The van der Waals surface area contributed by atoms with Gasteiger partial charge in [-0.3, -0.25) is 4.79 Å². The van der Waals surface area contributed by atoms with E-state index in [-0.39, 0.29) is 17.8 Å². The lowest BCUT2D eigenvalue weighted by Gasteiger charge is -2.11. The van der Waals surface area contributed by atoms with Crippen LogP contribution in [-0.2, 0) is 0 Å². The summed E-state index contributed by atoms with van der Waals surface area (Å²) in [7, 11) is 0. The predicted octanol–water partition coefficient (Wildman–Crippen LogP) is 3.75. The van der Waals surface area contributed by atoms with Crippen molar-refractivity contribution in [3.8, 4) is 0 Å². The third-order valence-corrected chi connectivity index (χ3v) is 5.20. The van der Waals surface area contributed by atoms with Gasteiger partial charge in [-0.25, -0.2) is 4.98 Å². The first-order valence-corrected chi connectivity index (χ1v) is 8.58. The summed E-state index contributed by atoms with van der Waals surface area (Å²) in [6, 6.07) is 3.60. The van der Waals surface area contributed by atoms with Crippen molar-refractivity contribution >= 4 is 51.1 Å². The number of carbonyl (C=O) groups excluding carboxylic acids is 1. The molecule has 2 heterocycles. The molecule has 0 saturated heterocycles. The lowest BCUT2D eigenvalue weighted by molar-refractivity contribution is 0.0945. The van der Waals surface area contributed by atoms with Gasteiger partial charge in [0.1, 0.15) is 10.7 Å². The number of hydrogen-bond acceptors (Lipinski definition) is 6. The highest BCUT2D eigenvalue weighted by Gasteiger charge is 2.19. The van der Waals surface area contributed by atoms with Crippen LogP contribution in [0.1, 0.15) is 40.9 Å². The second-order valence-corrected chi connectivity index (χ2v) is 7.24. The van der Waals surface area contributed by atoms with E-state index in [1.165, 1.54) is 22.7 Å². The van der Waals surface area contributed by atoms with Crippen LogP contribution in [0.2, 0.25) is 4.34 Å². The van der Waals surface area contributed by atoms with Crippen molar-refractivity contribution in [3.05, 3.63) is 26.2 Å². The van der Waals surface area contributed by atoms with Gasteiger partial charge in [0, 0.05) is 11.4 Å². The first-order valence-electron chi connectivity index (χ1n) is 6.57. The normalized spacial score (nSPS) is 12.1. The number of amides is 1. The molecule has 114 valence electrons. The Labute approximate surface area is 136 Å². The van der Waals surface area contributed by atoms with E-state index in [4.69, 9.17) is 17.3 Å². The van der Waals surface area contributed by atoms with Gasteiger partial charge in [-0.1, -0.05) is 29.9 Å². The Balaban J connectivity index is 2.04. The number of nitrogens with zero attached hydrogens (tertiary/aromatic N) is 1. The molecule has 1 atom stereocenters. The van der Waals surface area contributed by atoms with Crippen molar-refractivity contribution in [2.24, 2.45) is 0 Å². The zero-order chi connectivity index (χ0) is 15.4. The molecule has 4 N–H and O–H groups in total. The molecular weight excluding hydrogens is 328 g/mol. The summed E-state index contributed by atoms with van der Waals surface area (Å²) in [4.78, 5) is 17.9. The second kappa shape index (κ2) is 7.11. The van der Waals surface area contributed by atoms with E-state index in [2.05, 4.69) is 22.5 Å². The molecule has 0 radical (unpaired) electrons. The molecule has 0 aliphatic carbocycles. The van der Waals surface area contributed by atoms with Crippen LogP contribution < -0.4 is 16.4 Å². The minimum atomic E-state index is -0.216. The third kappa shape index (κ3) is 4.09. The van der Waals surface area contributed by atoms with Gasteiger partial charge in [0.25, 0.3) is 5.91 Å². The second-order valence-electron chi connectivity index (χ2n) is 4.50. The summed E-state index contributed by atoms with van der Waals surface area (Å²) >= 11 is 8.62. The number of halogens is 1. The first-order chi connectivity index (χ1) is 10.0. The number of hydrogen-bond donors (Lipinski definition) is 3. The van der Waals surface area contributed by atoms with E-state index in [1.54, 1.807) is 0 Å². The Hall–Kier alpha value is -1.31. The average molecular weight is 345 g/mol. The summed E-state index contributed by atoms with van der Waals surface area (Å²) < 4.78 is 0.703. The van der Waals surface area contributed by atoms with Crippen LogP contribution in [0.15, 0.2) is 12.1 Å². The Bertz CT molecular complexity index is 625. The fourth-order valence-corrected chi connectivity index (χ4v) is 3.57. The highest BCUT2D eigenvalue weighted by molar-refractivity contribution is 7.18. The van der Waals surface area contributed by atoms with Crippen molar-refractivity contribution < 1.29 is 4.79 Å². The zero-order valence-electron chi connectivity index (χ0n) is 11.8. The molecule has 8 heteroatoms. The van der Waals surface area contributed by atoms with Gasteiger partial charge in [0.15, 0.2) is 5.13 Å². The Morgan fingerprint density at radius 1 is 1.48 bits per heavy atom. The number of anilines is 2. The van der Waals surface area contributed by atoms with E-state index in [1.807, 2.05) is 19.1 Å². The van der Waals surface area contributed by atoms with Crippen LogP contribution in [-0.4, -0.2) is 17.4 Å². The van der Waals surface area contributed by atoms with Crippen LogP contribution in [0.4, 0.5) is 10.9 Å². The van der Waals surface area contributed by atoms with Crippen LogP contribution in [0.3, 0.4) is 0 Å². The minimum absolute atomic E-state index is 0.122. The number of nitrogen functional groups attached to an aromatic ring is 1. The number of carbonyl (C=O) groups is 1. The topological polar surface area (TPSA) is 80.0 Å². The van der Waals surface area contributed by atoms with Crippen LogP contribution in [0.5, 0.6) is 0 Å². The van der Waals surface area contributed by atoms with Gasteiger partial charge in [-0.05, 0) is 25.5 Å². The van der Waals surface area contributed by atoms with Crippen molar-refractivity contribution in [1.29, 1.82) is 0 Å². The molecule has 5 nitrogen and oxygen atoms in total. The zero-order valence-corrected chi connectivity index (χ0v) is 14.2. The number of aromatic nitrogens is 1. The number of nitrogens with one attached hydrogen (secondary N) is 2. The molecule has 2 rings (SSSR count). The van der Waals surface area contributed by atoms with E-state index >= 15 is 0 Å². The van der Waals surface area contributed by atoms with Crippen LogP contribution in [0.25, 0.3) is 0 Å². The molecule has 0 aromatic carbocycles. The van der Waals surface area contributed by atoms with Gasteiger partial charge >= 0.3 is 0 Å². The van der Waals surface area contributed by atoms with E-state index in [0.717, 1.165) is 17.8 Å². The number of rotatable bonds is 6. The summed E-state index contributed by atoms with van der Waals surface area (Å²) in [6.07, 6.45) is 0.983. The molecule has 0 spiro atoms. The van der Waals surface area contributed by atoms with Crippen molar-refractivity contribution in [2.75, 3.05) is 17.6 Å². The molecule has 1 amide bonds. The van der Waals surface area contributed by atoms with Crippen molar-refractivity contribution in [1.82, 2.24) is 10.3 Å². The Morgan fingerprint density at radius 2 is 2.24 bits per heavy atom. The maximum atomic E-state index is 12.3. The van der Waals surface area contributed by atoms with E-state index in [9.17, 15) is 4.79 Å². The lowest BCUT2D eigenvalue weighted by Crippen LogP contribution is -2.26. The first kappa shape index (κ1) is 16.1. The SMILES string of the molecule is CCCNc1nc(N)c(C(=O)NC(C)c2ccc(Cl)s2)s1. The monoisotopic (exact) mass is 344 g/mol. The number of thiophene rings is 1. The maximum absolute atomic E-state index is 12.3. The molecule has 0 aliphatic heterocycles. The molecule has 0 aliphatic rings. The predicted molar refractivity (Wildman–Crippen MR) is 90.5 cm³/mol. The summed E-state index contributed by atoms with van der Waals surface area (Å²) in [5, 5.41) is 6.71. The minimum Gasteiger partial charge on any atom is -0.382 e. The molecular formula is C13H17ClN4OS2. The quantitative estimate of drug-likeness (QED) is 0.745. The summed E-state index contributed by atoms with van der Waals surface area (Å²) in [5.41, 5.74) is 5.81. The largest absolute Gasteiger partial charge is 0.382 e. The molecule has 0 fully saturated rings. The average Bonchev–Trinajstić information content (AvgIpc) is 3.02. The molecule has 0 saturated carbocycles. The Kier molecular flexibility index (Phi) is 5.44. The fourth-order valence-electron chi connectivity index (χ4n) is 1.70. The third-order valence-electron chi connectivity index (χ3n) is 2.75. The molecule has 1 unspecified atom stereocenters. The van der Waals surface area contributed by atoms with E-state index < -0.39 is 0 Å². The summed E-state index contributed by atoms with van der Waals surface area (Å²) in [6.45, 7) is 4.77. The molecule has 0 bridgehead atoms. The fraction of sp³-hybridized carbons (Fsp3) is 0.385. The molecule has 21 heavy (non-hydrogen) atoms. The van der Waals surface area contributed by atoms with Gasteiger partial charge in [-0.2, -0.15) is 0 Å². The number of nitrogens with two attached hydrogens (primary N) is 1. The van der Waals surface area contributed by atoms with Gasteiger partial charge < -0.3 is 16.4 Å². The van der Waals surface area contributed by atoms with Crippen LogP contribution in [0, 0.1) is 0 Å². The number of thiazole rings is 1. The van der Waals surface area contributed by atoms with E-state index in [0.29, 0.717) is 14.3 Å². The lowest BCUT2D eigenvalue weighted by atomic mass is 10.2.